The molecule has 0 saturated heterocycles. The number of aryl methyl sites for hydroxylation is 2. The minimum Gasteiger partial charge on any atom is -0.324 e. The second kappa shape index (κ2) is 10.9. The molecule has 5 nitrogen and oxygen atoms in total. The van der Waals surface area contributed by atoms with Gasteiger partial charge >= 0.3 is 0 Å². The molecule has 3 aromatic rings. The maximum absolute atomic E-state index is 12.6. The lowest BCUT2D eigenvalue weighted by Gasteiger charge is -2.12. The van der Waals surface area contributed by atoms with Crippen LogP contribution in [0, 0.1) is 6.92 Å². The van der Waals surface area contributed by atoms with Crippen molar-refractivity contribution >= 4 is 28.8 Å². The van der Waals surface area contributed by atoms with Gasteiger partial charge < -0.3 is 10.6 Å². The molecular weight excluding hydrogens is 396 g/mol. The second-order valence-electron chi connectivity index (χ2n) is 7.31. The molecule has 1 amide bonds. The highest BCUT2D eigenvalue weighted by Gasteiger charge is 2.09. The molecule has 0 aliphatic carbocycles. The van der Waals surface area contributed by atoms with Crippen molar-refractivity contribution < 1.29 is 4.79 Å². The normalized spacial score (nSPS) is 11.4. The number of nitrogens with zero attached hydrogens (tertiary/aromatic N) is 2. The van der Waals surface area contributed by atoms with E-state index in [9.17, 15) is 4.79 Å². The van der Waals surface area contributed by atoms with Gasteiger partial charge in [-0.05, 0) is 61.2 Å². The highest BCUT2D eigenvalue weighted by molar-refractivity contribution is 6.04. The smallest absolute Gasteiger partial charge is 0.255 e. The predicted molar refractivity (Wildman–Crippen MR) is 133 cm³/mol. The monoisotopic (exact) mass is 424 g/mol. The third-order valence-corrected chi connectivity index (χ3v) is 5.04. The van der Waals surface area contributed by atoms with Gasteiger partial charge in [0.05, 0.1) is 0 Å². The average molecular weight is 425 g/mol. The van der Waals surface area contributed by atoms with Crippen molar-refractivity contribution in [2.75, 3.05) is 10.6 Å². The number of anilines is 3. The number of allylic oxidation sites excluding steroid dienone is 5. The van der Waals surface area contributed by atoms with Crippen LogP contribution >= 0.6 is 0 Å². The fraction of sp³-hybridized carbons (Fsp3) is 0.148. The molecule has 0 spiro atoms. The first kappa shape index (κ1) is 22.7. The van der Waals surface area contributed by atoms with Crippen LogP contribution in [0.15, 0.2) is 85.7 Å². The Morgan fingerprint density at radius 1 is 1.06 bits per heavy atom. The van der Waals surface area contributed by atoms with Crippen LogP contribution in [0.3, 0.4) is 0 Å². The Labute approximate surface area is 189 Å². The van der Waals surface area contributed by atoms with Crippen LogP contribution in [0.2, 0.25) is 0 Å². The van der Waals surface area contributed by atoms with E-state index in [1.165, 1.54) is 5.56 Å². The Balaban J connectivity index is 1.74. The Morgan fingerprint density at radius 3 is 2.41 bits per heavy atom. The highest BCUT2D eigenvalue weighted by Crippen LogP contribution is 2.24. The first-order chi connectivity index (χ1) is 15.5. The molecule has 0 unspecified atom stereocenters. The first-order valence-electron chi connectivity index (χ1n) is 10.6. The molecule has 0 aliphatic heterocycles. The van der Waals surface area contributed by atoms with Crippen molar-refractivity contribution in [1.29, 1.82) is 0 Å². The van der Waals surface area contributed by atoms with E-state index in [2.05, 4.69) is 34.1 Å². The summed E-state index contributed by atoms with van der Waals surface area (Å²) in [4.78, 5) is 21.4. The van der Waals surface area contributed by atoms with Gasteiger partial charge in [0.15, 0.2) is 0 Å². The van der Waals surface area contributed by atoms with Crippen LogP contribution in [-0.2, 0) is 6.42 Å². The van der Waals surface area contributed by atoms with Gasteiger partial charge in [-0.25, -0.2) is 9.97 Å². The number of rotatable bonds is 8. The number of amides is 1. The number of carbonyl (C=O) groups is 1. The fourth-order valence-electron chi connectivity index (χ4n) is 3.07. The van der Waals surface area contributed by atoms with Crippen LogP contribution < -0.4 is 10.6 Å². The molecule has 0 fully saturated rings. The quantitative estimate of drug-likeness (QED) is 0.406. The Morgan fingerprint density at radius 2 is 1.78 bits per heavy atom. The maximum Gasteiger partial charge on any atom is 0.255 e. The SMILES string of the molecule is C=C/C(=C\C=C/C)c1cnc(Nc2cc(NC(=O)c3ccc(CC)cc3)ccc2C)nc1. The van der Waals surface area contributed by atoms with Crippen LogP contribution in [0.5, 0.6) is 0 Å². The highest BCUT2D eigenvalue weighted by atomic mass is 16.1. The molecule has 0 saturated carbocycles. The maximum atomic E-state index is 12.6. The lowest BCUT2D eigenvalue weighted by Crippen LogP contribution is -2.12. The molecule has 2 aromatic carbocycles. The number of carbonyl (C=O) groups excluding carboxylic acids is 1. The Hall–Kier alpha value is -3.99. The number of aromatic nitrogens is 2. The summed E-state index contributed by atoms with van der Waals surface area (Å²) in [5, 5.41) is 6.19. The molecule has 5 heteroatoms. The average Bonchev–Trinajstić information content (AvgIpc) is 2.82. The van der Waals surface area contributed by atoms with Crippen LogP contribution in [-0.4, -0.2) is 15.9 Å². The van der Waals surface area contributed by atoms with E-state index in [4.69, 9.17) is 0 Å². The van der Waals surface area contributed by atoms with Crippen molar-refractivity contribution in [2.45, 2.75) is 27.2 Å². The molecule has 0 bridgehead atoms. The minimum absolute atomic E-state index is 0.145. The van der Waals surface area contributed by atoms with Gasteiger partial charge in [0.2, 0.25) is 5.95 Å². The summed E-state index contributed by atoms with van der Waals surface area (Å²) in [6.45, 7) is 9.88. The molecular formula is C27H28N4O. The van der Waals surface area contributed by atoms with Crippen molar-refractivity contribution in [3.63, 3.8) is 0 Å². The number of nitrogens with one attached hydrogen (secondary N) is 2. The van der Waals surface area contributed by atoms with E-state index in [1.807, 2.05) is 74.5 Å². The van der Waals surface area contributed by atoms with Crippen molar-refractivity contribution in [3.05, 3.63) is 108 Å². The van der Waals surface area contributed by atoms with Gasteiger partial charge in [0.25, 0.3) is 5.91 Å². The predicted octanol–water partition coefficient (Wildman–Crippen LogP) is 6.49. The van der Waals surface area contributed by atoms with Gasteiger partial charge in [-0.3, -0.25) is 4.79 Å². The molecule has 3 rings (SSSR count). The van der Waals surface area contributed by atoms with E-state index < -0.39 is 0 Å². The van der Waals surface area contributed by atoms with Crippen LogP contribution in [0.25, 0.3) is 5.57 Å². The van der Waals surface area contributed by atoms with Crippen molar-refractivity contribution in [2.24, 2.45) is 0 Å². The third-order valence-electron chi connectivity index (χ3n) is 5.04. The van der Waals surface area contributed by atoms with E-state index in [1.54, 1.807) is 18.5 Å². The molecule has 32 heavy (non-hydrogen) atoms. The summed E-state index contributed by atoms with van der Waals surface area (Å²) in [7, 11) is 0. The third kappa shape index (κ3) is 5.79. The first-order valence-corrected chi connectivity index (χ1v) is 10.6. The second-order valence-corrected chi connectivity index (χ2v) is 7.31. The summed E-state index contributed by atoms with van der Waals surface area (Å²) in [5.41, 5.74) is 6.20. The summed E-state index contributed by atoms with van der Waals surface area (Å²) < 4.78 is 0. The molecule has 0 aliphatic rings. The summed E-state index contributed by atoms with van der Waals surface area (Å²) in [6, 6.07) is 13.4. The molecule has 2 N–H and O–H groups in total. The molecule has 0 radical (unpaired) electrons. The largest absolute Gasteiger partial charge is 0.324 e. The summed E-state index contributed by atoms with van der Waals surface area (Å²) >= 11 is 0. The summed E-state index contributed by atoms with van der Waals surface area (Å²) in [6.07, 6.45) is 12.1. The van der Waals surface area contributed by atoms with Crippen molar-refractivity contribution in [1.82, 2.24) is 9.97 Å². The van der Waals surface area contributed by atoms with Gasteiger partial charge in [0.1, 0.15) is 0 Å². The zero-order chi connectivity index (χ0) is 22.9. The standard InChI is InChI=1S/C27H28N4O/c1-5-8-9-21(7-3)23-17-28-27(29-18-23)31-25-16-24(15-10-19(25)4)30-26(32)22-13-11-20(6-2)12-14-22/h5,7-18H,3,6H2,1-2,4H3,(H,30,32)(H,28,29,31)/b8-5-,21-9+. The van der Waals surface area contributed by atoms with E-state index >= 15 is 0 Å². The van der Waals surface area contributed by atoms with Crippen LogP contribution in [0.1, 0.15) is 40.9 Å². The number of benzene rings is 2. The molecule has 1 heterocycles. The van der Waals surface area contributed by atoms with E-state index in [-0.39, 0.29) is 5.91 Å². The topological polar surface area (TPSA) is 66.9 Å². The molecule has 0 atom stereocenters. The van der Waals surface area contributed by atoms with Gasteiger partial charge in [0, 0.05) is 34.9 Å². The zero-order valence-electron chi connectivity index (χ0n) is 18.7. The van der Waals surface area contributed by atoms with Gasteiger partial charge in [-0.15, -0.1) is 0 Å². The van der Waals surface area contributed by atoms with Gasteiger partial charge in [-0.2, -0.15) is 0 Å². The fourth-order valence-corrected chi connectivity index (χ4v) is 3.07. The van der Waals surface area contributed by atoms with E-state index in [0.717, 1.165) is 28.8 Å². The van der Waals surface area contributed by atoms with Gasteiger partial charge in [-0.1, -0.05) is 56.0 Å². The number of hydrogen-bond acceptors (Lipinski definition) is 4. The molecule has 162 valence electrons. The Kier molecular flexibility index (Phi) is 7.70. The van der Waals surface area contributed by atoms with E-state index in [0.29, 0.717) is 17.2 Å². The summed E-state index contributed by atoms with van der Waals surface area (Å²) in [5.74, 6) is 0.331. The zero-order valence-corrected chi connectivity index (χ0v) is 18.7. The minimum atomic E-state index is -0.145. The Bertz CT molecular complexity index is 1140. The van der Waals surface area contributed by atoms with Crippen molar-refractivity contribution in [3.8, 4) is 0 Å². The lowest BCUT2D eigenvalue weighted by atomic mass is 10.1. The van der Waals surface area contributed by atoms with Crippen LogP contribution in [0.4, 0.5) is 17.3 Å². The number of hydrogen-bond donors (Lipinski definition) is 2. The lowest BCUT2D eigenvalue weighted by molar-refractivity contribution is 0.102. The molecule has 1 aromatic heterocycles.